The third-order valence-corrected chi connectivity index (χ3v) is 6.53. The zero-order valence-electron chi connectivity index (χ0n) is 23.1. The number of carbonyl (C=O) groups is 3. The van der Waals surface area contributed by atoms with E-state index in [-0.39, 0.29) is 11.5 Å². The van der Waals surface area contributed by atoms with E-state index in [0.29, 0.717) is 51.0 Å². The topological polar surface area (TPSA) is 135 Å². The molecule has 0 atom stereocenters. The Morgan fingerprint density at radius 3 is 2.12 bits per heavy atom. The van der Waals surface area contributed by atoms with E-state index in [1.54, 1.807) is 18.2 Å². The minimum Gasteiger partial charge on any atom is -0.478 e. The SMILES string of the molecule is Cc1ccc(CN=C(Nc2cccc(C(=O)O)c2)N2CCN(CC(=O)N3CCOCC3)CC2)cc1.O=C(O)C(F)(F)F. The van der Waals surface area contributed by atoms with Gasteiger partial charge in [0.05, 0.1) is 31.9 Å². The highest BCUT2D eigenvalue weighted by atomic mass is 19.4. The van der Waals surface area contributed by atoms with Gasteiger partial charge in [0.2, 0.25) is 5.91 Å². The molecule has 2 aromatic rings. The molecule has 0 bridgehead atoms. The van der Waals surface area contributed by atoms with Gasteiger partial charge in [0, 0.05) is 45.0 Å². The van der Waals surface area contributed by atoms with Crippen LogP contribution in [0.2, 0.25) is 0 Å². The number of aliphatic carboxylic acids is 1. The predicted molar refractivity (Wildman–Crippen MR) is 148 cm³/mol. The molecule has 0 aromatic heterocycles. The number of nitrogens with zero attached hydrogens (tertiary/aromatic N) is 4. The summed E-state index contributed by atoms with van der Waals surface area (Å²) in [4.78, 5) is 44.0. The Kier molecular flexibility index (Phi) is 11.7. The Bertz CT molecular complexity index is 1240. The van der Waals surface area contributed by atoms with Gasteiger partial charge >= 0.3 is 18.1 Å². The number of aromatic carboxylic acids is 1. The Morgan fingerprint density at radius 1 is 0.929 bits per heavy atom. The second-order valence-electron chi connectivity index (χ2n) is 9.70. The van der Waals surface area contributed by atoms with Crippen LogP contribution in [0, 0.1) is 6.92 Å². The van der Waals surface area contributed by atoms with Gasteiger partial charge in [-0.2, -0.15) is 13.2 Å². The summed E-state index contributed by atoms with van der Waals surface area (Å²) in [7, 11) is 0. The number of hydrogen-bond acceptors (Lipinski definition) is 6. The van der Waals surface area contributed by atoms with E-state index in [9.17, 15) is 27.9 Å². The summed E-state index contributed by atoms with van der Waals surface area (Å²) in [6.45, 7) is 8.44. The van der Waals surface area contributed by atoms with E-state index in [0.717, 1.165) is 31.7 Å². The summed E-state index contributed by atoms with van der Waals surface area (Å²) >= 11 is 0. The van der Waals surface area contributed by atoms with Crippen LogP contribution in [-0.2, 0) is 20.9 Å². The molecule has 2 aromatic carbocycles. The lowest BCUT2D eigenvalue weighted by Crippen LogP contribution is -2.53. The van der Waals surface area contributed by atoms with Crippen molar-refractivity contribution >= 4 is 29.5 Å². The van der Waals surface area contributed by atoms with Crippen molar-refractivity contribution in [1.29, 1.82) is 0 Å². The molecule has 0 saturated carbocycles. The van der Waals surface area contributed by atoms with Gasteiger partial charge in [-0.05, 0) is 30.7 Å². The maximum atomic E-state index is 12.6. The van der Waals surface area contributed by atoms with Gasteiger partial charge in [-0.3, -0.25) is 9.69 Å². The first-order valence-electron chi connectivity index (χ1n) is 13.3. The normalized spacial score (nSPS) is 16.3. The number of aryl methyl sites for hydroxylation is 1. The molecular formula is C28H34F3N5O6. The Hall–Kier alpha value is -4.17. The summed E-state index contributed by atoms with van der Waals surface area (Å²) in [6, 6.07) is 15.0. The number of amides is 1. The summed E-state index contributed by atoms with van der Waals surface area (Å²) in [5.74, 6) is -2.87. The summed E-state index contributed by atoms with van der Waals surface area (Å²) in [5.41, 5.74) is 3.20. The van der Waals surface area contributed by atoms with Crippen LogP contribution in [-0.4, -0.2) is 114 Å². The third-order valence-electron chi connectivity index (χ3n) is 6.53. The number of aliphatic imine (C=N–C) groups is 1. The highest BCUT2D eigenvalue weighted by Crippen LogP contribution is 2.15. The van der Waals surface area contributed by atoms with Crippen molar-refractivity contribution in [2.45, 2.75) is 19.6 Å². The fourth-order valence-corrected chi connectivity index (χ4v) is 4.16. The van der Waals surface area contributed by atoms with Crippen LogP contribution in [0.15, 0.2) is 53.5 Å². The molecule has 1 amide bonds. The molecule has 2 saturated heterocycles. The van der Waals surface area contributed by atoms with Crippen molar-refractivity contribution in [2.75, 3.05) is 64.3 Å². The first-order chi connectivity index (χ1) is 19.9. The lowest BCUT2D eigenvalue weighted by Gasteiger charge is -2.37. The van der Waals surface area contributed by atoms with E-state index < -0.39 is 18.1 Å². The number of rotatable bonds is 6. The van der Waals surface area contributed by atoms with Crippen LogP contribution in [0.4, 0.5) is 18.9 Å². The van der Waals surface area contributed by atoms with Crippen LogP contribution in [0.3, 0.4) is 0 Å². The molecule has 2 fully saturated rings. The average Bonchev–Trinajstić information content (AvgIpc) is 2.97. The van der Waals surface area contributed by atoms with Crippen LogP contribution < -0.4 is 5.32 Å². The zero-order valence-corrected chi connectivity index (χ0v) is 23.1. The number of alkyl halides is 3. The van der Waals surface area contributed by atoms with Crippen LogP contribution in [0.25, 0.3) is 0 Å². The lowest BCUT2D eigenvalue weighted by atomic mass is 10.1. The number of benzene rings is 2. The van der Waals surface area contributed by atoms with E-state index >= 15 is 0 Å². The van der Waals surface area contributed by atoms with Crippen molar-refractivity contribution < 1.29 is 42.5 Å². The molecule has 4 rings (SSSR count). The molecule has 14 heteroatoms. The Balaban J connectivity index is 0.000000616. The fraction of sp³-hybridized carbons (Fsp3) is 0.429. The maximum absolute atomic E-state index is 12.6. The average molecular weight is 594 g/mol. The number of carboxylic acids is 2. The van der Waals surface area contributed by atoms with Gasteiger partial charge < -0.3 is 30.1 Å². The molecule has 3 N–H and O–H groups in total. The summed E-state index contributed by atoms with van der Waals surface area (Å²) < 4.78 is 37.1. The molecule has 0 radical (unpaired) electrons. The third kappa shape index (κ3) is 10.3. The number of ether oxygens (including phenoxy) is 1. The molecule has 2 aliphatic rings. The van der Waals surface area contributed by atoms with Gasteiger partial charge in [0.25, 0.3) is 0 Å². The number of guanidine groups is 1. The monoisotopic (exact) mass is 593 g/mol. The van der Waals surface area contributed by atoms with Crippen molar-refractivity contribution in [3.05, 3.63) is 65.2 Å². The number of nitrogens with one attached hydrogen (secondary N) is 1. The summed E-state index contributed by atoms with van der Waals surface area (Å²) in [5, 5.41) is 19.8. The Labute approximate surface area is 241 Å². The van der Waals surface area contributed by atoms with Gasteiger partial charge in [-0.15, -0.1) is 0 Å². The van der Waals surface area contributed by atoms with E-state index in [1.165, 1.54) is 5.56 Å². The highest BCUT2D eigenvalue weighted by Gasteiger charge is 2.38. The Morgan fingerprint density at radius 2 is 1.55 bits per heavy atom. The molecule has 0 aliphatic carbocycles. The van der Waals surface area contributed by atoms with Crippen molar-refractivity contribution in [3.63, 3.8) is 0 Å². The van der Waals surface area contributed by atoms with Crippen molar-refractivity contribution in [1.82, 2.24) is 14.7 Å². The van der Waals surface area contributed by atoms with Crippen molar-refractivity contribution in [2.24, 2.45) is 4.99 Å². The smallest absolute Gasteiger partial charge is 0.478 e. The number of carbonyl (C=O) groups excluding carboxylic acids is 1. The van der Waals surface area contributed by atoms with E-state index in [2.05, 4.69) is 46.3 Å². The molecule has 0 unspecified atom stereocenters. The fourth-order valence-electron chi connectivity index (χ4n) is 4.16. The molecule has 0 spiro atoms. The first kappa shape index (κ1) is 32.3. The molecule has 2 aliphatic heterocycles. The number of carboxylic acid groups (broad SMARTS) is 2. The van der Waals surface area contributed by atoms with Gasteiger partial charge in [0.1, 0.15) is 0 Å². The number of piperazine rings is 1. The predicted octanol–water partition coefficient (Wildman–Crippen LogP) is 2.77. The lowest BCUT2D eigenvalue weighted by molar-refractivity contribution is -0.192. The zero-order chi connectivity index (χ0) is 30.7. The standard InChI is InChI=1S/C26H33N5O4.C2HF3O2/c1-20-5-7-21(8-6-20)18-27-26(28-23-4-2-3-22(17-23)25(33)34)31-11-9-29(10-12-31)19-24(32)30-13-15-35-16-14-30;3-2(4,5)1(6)7/h2-8,17H,9-16,18-19H2,1H3,(H,27,28)(H,33,34);(H,6,7). The van der Waals surface area contributed by atoms with Gasteiger partial charge in [0.15, 0.2) is 5.96 Å². The molecule has 11 nitrogen and oxygen atoms in total. The number of anilines is 1. The molecule has 2 heterocycles. The number of halogens is 3. The first-order valence-corrected chi connectivity index (χ1v) is 13.3. The van der Waals surface area contributed by atoms with Crippen LogP contribution in [0.5, 0.6) is 0 Å². The highest BCUT2D eigenvalue weighted by molar-refractivity contribution is 5.96. The number of morpholine rings is 1. The quantitative estimate of drug-likeness (QED) is 0.341. The van der Waals surface area contributed by atoms with E-state index in [4.69, 9.17) is 19.6 Å². The molecule has 228 valence electrons. The summed E-state index contributed by atoms with van der Waals surface area (Å²) in [6.07, 6.45) is -5.08. The van der Waals surface area contributed by atoms with Crippen LogP contribution in [0.1, 0.15) is 21.5 Å². The van der Waals surface area contributed by atoms with Crippen LogP contribution >= 0.6 is 0 Å². The minimum atomic E-state index is -5.08. The van der Waals surface area contributed by atoms with Crippen molar-refractivity contribution in [3.8, 4) is 0 Å². The maximum Gasteiger partial charge on any atom is 0.490 e. The number of hydrogen-bond donors (Lipinski definition) is 3. The molecular weight excluding hydrogens is 559 g/mol. The second kappa shape index (κ2) is 15.2. The molecule has 42 heavy (non-hydrogen) atoms. The van der Waals surface area contributed by atoms with E-state index in [1.807, 2.05) is 11.0 Å². The second-order valence-corrected chi connectivity index (χ2v) is 9.70. The minimum absolute atomic E-state index is 0.152. The van der Waals surface area contributed by atoms with Gasteiger partial charge in [-0.25, -0.2) is 14.6 Å². The van der Waals surface area contributed by atoms with Gasteiger partial charge in [-0.1, -0.05) is 35.9 Å². The largest absolute Gasteiger partial charge is 0.490 e.